The van der Waals surface area contributed by atoms with Gasteiger partial charge in [-0.25, -0.2) is 8.42 Å². The molecule has 4 rings (SSSR count). The predicted molar refractivity (Wildman–Crippen MR) is 68.2 cm³/mol. The first-order chi connectivity index (χ1) is 8.59. The van der Waals surface area contributed by atoms with Crippen molar-refractivity contribution >= 4 is 9.84 Å². The molecule has 1 aliphatic carbocycles. The minimum Gasteiger partial charge on any atom is -0.370 e. The number of sulfone groups is 1. The fraction of sp³-hybridized carbons (Fsp3) is 0.571. The van der Waals surface area contributed by atoms with Crippen LogP contribution in [0.15, 0.2) is 30.3 Å². The van der Waals surface area contributed by atoms with Crippen molar-refractivity contribution in [2.24, 2.45) is 5.92 Å². The Hall–Kier alpha value is -0.870. The van der Waals surface area contributed by atoms with Crippen molar-refractivity contribution in [1.82, 2.24) is 0 Å². The zero-order valence-electron chi connectivity index (χ0n) is 10.1. The maximum absolute atomic E-state index is 12.1. The van der Waals surface area contributed by atoms with Crippen LogP contribution in [-0.2, 0) is 20.0 Å². The van der Waals surface area contributed by atoms with E-state index in [-0.39, 0.29) is 11.3 Å². The molecule has 1 aromatic rings. The lowest BCUT2D eigenvalue weighted by Crippen LogP contribution is -2.40. The fourth-order valence-corrected chi connectivity index (χ4v) is 6.46. The minimum atomic E-state index is -2.89. The summed E-state index contributed by atoms with van der Waals surface area (Å²) in [4.78, 5) is 0. The monoisotopic (exact) mass is 264 g/mol. The van der Waals surface area contributed by atoms with E-state index in [1.165, 1.54) is 5.56 Å². The summed E-state index contributed by atoms with van der Waals surface area (Å²) in [6, 6.07) is 10.2. The molecule has 0 spiro atoms. The van der Waals surface area contributed by atoms with Crippen molar-refractivity contribution in [2.75, 3.05) is 11.5 Å². The highest BCUT2D eigenvalue weighted by Gasteiger charge is 2.61. The standard InChI is InChI=1S/C14H16O3S/c15-18(16)8-11-6-12-13(17-12)7-14(11,9-18)10-4-2-1-3-5-10/h1-5,11-13H,6-9H2/t11-,12+,13+,14+/m0/s1. The average molecular weight is 264 g/mol. The summed E-state index contributed by atoms with van der Waals surface area (Å²) in [5, 5.41) is 0. The number of benzene rings is 1. The summed E-state index contributed by atoms with van der Waals surface area (Å²) in [7, 11) is -2.89. The van der Waals surface area contributed by atoms with Gasteiger partial charge in [0, 0.05) is 5.41 Å². The van der Waals surface area contributed by atoms with Gasteiger partial charge in [-0.1, -0.05) is 30.3 Å². The summed E-state index contributed by atoms with van der Waals surface area (Å²) in [6.07, 6.45) is 2.43. The largest absolute Gasteiger partial charge is 0.370 e. The van der Waals surface area contributed by atoms with Crippen molar-refractivity contribution in [1.29, 1.82) is 0 Å². The molecule has 4 atom stereocenters. The summed E-state index contributed by atoms with van der Waals surface area (Å²) in [6.45, 7) is 0. The van der Waals surface area contributed by atoms with E-state index < -0.39 is 9.84 Å². The van der Waals surface area contributed by atoms with E-state index >= 15 is 0 Å². The van der Waals surface area contributed by atoms with Crippen molar-refractivity contribution in [3.8, 4) is 0 Å². The van der Waals surface area contributed by atoms with Crippen molar-refractivity contribution in [3.63, 3.8) is 0 Å². The third-order valence-corrected chi connectivity index (χ3v) is 6.70. The smallest absolute Gasteiger partial charge is 0.151 e. The van der Waals surface area contributed by atoms with Gasteiger partial charge in [0.15, 0.2) is 9.84 Å². The number of hydrogen-bond acceptors (Lipinski definition) is 3. The molecular formula is C14H16O3S. The third kappa shape index (κ3) is 1.48. The van der Waals surface area contributed by atoms with Gasteiger partial charge >= 0.3 is 0 Å². The molecule has 0 N–H and O–H groups in total. The van der Waals surface area contributed by atoms with Crippen LogP contribution in [0.25, 0.3) is 0 Å². The molecule has 0 radical (unpaired) electrons. The Balaban J connectivity index is 1.83. The van der Waals surface area contributed by atoms with E-state index in [4.69, 9.17) is 4.74 Å². The van der Waals surface area contributed by atoms with Gasteiger partial charge < -0.3 is 4.74 Å². The van der Waals surface area contributed by atoms with Crippen molar-refractivity contribution in [3.05, 3.63) is 35.9 Å². The highest BCUT2D eigenvalue weighted by Crippen LogP contribution is 2.55. The topological polar surface area (TPSA) is 46.7 Å². The Morgan fingerprint density at radius 2 is 1.94 bits per heavy atom. The predicted octanol–water partition coefficient (Wildman–Crippen LogP) is 1.53. The molecule has 4 heteroatoms. The molecular weight excluding hydrogens is 248 g/mol. The number of rotatable bonds is 1. The molecule has 3 nitrogen and oxygen atoms in total. The van der Waals surface area contributed by atoms with E-state index in [0.29, 0.717) is 23.7 Å². The highest BCUT2D eigenvalue weighted by atomic mass is 32.2. The third-order valence-electron chi connectivity index (χ3n) is 4.83. The van der Waals surface area contributed by atoms with Gasteiger partial charge in [-0.3, -0.25) is 0 Å². The lowest BCUT2D eigenvalue weighted by atomic mass is 9.64. The van der Waals surface area contributed by atoms with Crippen LogP contribution < -0.4 is 0 Å². The molecule has 0 amide bonds. The number of fused-ring (bicyclic) bond motifs is 2. The molecule has 0 unspecified atom stereocenters. The lowest BCUT2D eigenvalue weighted by Gasteiger charge is -2.36. The van der Waals surface area contributed by atoms with E-state index in [1.54, 1.807) is 0 Å². The first-order valence-electron chi connectivity index (χ1n) is 6.50. The van der Waals surface area contributed by atoms with Crippen LogP contribution in [0.5, 0.6) is 0 Å². The molecule has 0 aromatic heterocycles. The Morgan fingerprint density at radius 3 is 2.72 bits per heavy atom. The molecule has 0 bridgehead atoms. The molecule has 2 saturated heterocycles. The summed E-state index contributed by atoms with van der Waals surface area (Å²) >= 11 is 0. The van der Waals surface area contributed by atoms with Gasteiger partial charge in [0.1, 0.15) is 0 Å². The number of epoxide rings is 1. The maximum atomic E-state index is 12.1. The molecule has 3 fully saturated rings. The zero-order valence-corrected chi connectivity index (χ0v) is 10.9. The zero-order chi connectivity index (χ0) is 12.4. The highest BCUT2D eigenvalue weighted by molar-refractivity contribution is 7.91. The van der Waals surface area contributed by atoms with Crippen LogP contribution in [0.2, 0.25) is 0 Å². The Morgan fingerprint density at radius 1 is 1.17 bits per heavy atom. The fourth-order valence-electron chi connectivity index (χ4n) is 3.97. The normalized spacial score (nSPS) is 44.1. The molecule has 1 aromatic carbocycles. The summed E-state index contributed by atoms with van der Waals surface area (Å²) in [5.74, 6) is 0.893. The first kappa shape index (κ1) is 11.0. The van der Waals surface area contributed by atoms with E-state index in [2.05, 4.69) is 12.1 Å². The van der Waals surface area contributed by atoms with Gasteiger partial charge in [0.05, 0.1) is 23.7 Å². The van der Waals surface area contributed by atoms with Crippen LogP contribution in [0.3, 0.4) is 0 Å². The van der Waals surface area contributed by atoms with Gasteiger partial charge in [0.2, 0.25) is 0 Å². The summed E-state index contributed by atoms with van der Waals surface area (Å²) in [5.41, 5.74) is 1.00. The van der Waals surface area contributed by atoms with Gasteiger partial charge in [-0.05, 0) is 24.3 Å². The average Bonchev–Trinajstić information content (AvgIpc) is 3.00. The maximum Gasteiger partial charge on any atom is 0.151 e. The second kappa shape index (κ2) is 3.36. The molecule has 1 saturated carbocycles. The van der Waals surface area contributed by atoms with Gasteiger partial charge in [-0.2, -0.15) is 0 Å². The number of hydrogen-bond donors (Lipinski definition) is 0. The second-order valence-corrected chi connectivity index (χ2v) is 8.04. The Kier molecular flexibility index (Phi) is 2.06. The molecule has 3 aliphatic rings. The van der Waals surface area contributed by atoms with Crippen molar-refractivity contribution < 1.29 is 13.2 Å². The van der Waals surface area contributed by atoms with Crippen LogP contribution in [0.1, 0.15) is 18.4 Å². The quantitative estimate of drug-likeness (QED) is 0.723. The molecule has 2 heterocycles. The van der Waals surface area contributed by atoms with Crippen molar-refractivity contribution in [2.45, 2.75) is 30.5 Å². The van der Waals surface area contributed by atoms with Gasteiger partial charge in [-0.15, -0.1) is 0 Å². The van der Waals surface area contributed by atoms with Gasteiger partial charge in [0.25, 0.3) is 0 Å². The van der Waals surface area contributed by atoms with E-state index in [0.717, 1.165) is 12.8 Å². The molecule has 18 heavy (non-hydrogen) atoms. The number of ether oxygens (including phenoxy) is 1. The Labute approximate surface area is 107 Å². The van der Waals surface area contributed by atoms with Crippen LogP contribution in [0.4, 0.5) is 0 Å². The molecule has 96 valence electrons. The lowest BCUT2D eigenvalue weighted by molar-refractivity contribution is 0.271. The Bertz CT molecular complexity index is 580. The summed E-state index contributed by atoms with van der Waals surface area (Å²) < 4.78 is 29.7. The van der Waals surface area contributed by atoms with E-state index in [9.17, 15) is 8.42 Å². The van der Waals surface area contributed by atoms with Crippen LogP contribution in [0, 0.1) is 5.92 Å². The first-order valence-corrected chi connectivity index (χ1v) is 8.33. The minimum absolute atomic E-state index is 0.183. The van der Waals surface area contributed by atoms with Crippen LogP contribution >= 0.6 is 0 Å². The molecule has 2 aliphatic heterocycles. The van der Waals surface area contributed by atoms with Crippen LogP contribution in [-0.4, -0.2) is 32.1 Å². The van der Waals surface area contributed by atoms with E-state index in [1.807, 2.05) is 18.2 Å². The second-order valence-electron chi connectivity index (χ2n) is 5.93. The SMILES string of the molecule is O=S1(=O)C[C@@H]2C[C@H]3O[C@@H]3C[C@]2(c2ccccc2)C1.